The highest BCUT2D eigenvalue weighted by Crippen LogP contribution is 2.07. The minimum absolute atomic E-state index is 0.995. The minimum atomic E-state index is 0.995. The van der Waals surface area contributed by atoms with Gasteiger partial charge in [0.2, 0.25) is 0 Å². The van der Waals surface area contributed by atoms with E-state index in [0.717, 1.165) is 13.1 Å². The lowest BCUT2D eigenvalue weighted by molar-refractivity contribution is 0.280. The largest absolute Gasteiger partial charge is 0.321 e. The van der Waals surface area contributed by atoms with E-state index in [0.29, 0.717) is 0 Å². The summed E-state index contributed by atoms with van der Waals surface area (Å²) in [6.45, 7) is 2.18. The Bertz CT molecular complexity index is 241. The van der Waals surface area contributed by atoms with Crippen molar-refractivity contribution >= 4 is 0 Å². The van der Waals surface area contributed by atoms with Crippen LogP contribution in [0.5, 0.6) is 0 Å². The summed E-state index contributed by atoms with van der Waals surface area (Å²) in [5.74, 6) is 1.23. The fourth-order valence-electron chi connectivity index (χ4n) is 1.53. The summed E-state index contributed by atoms with van der Waals surface area (Å²) in [5, 5.41) is 0. The van der Waals surface area contributed by atoms with E-state index in [2.05, 4.69) is 27.7 Å². The van der Waals surface area contributed by atoms with Crippen molar-refractivity contribution in [2.45, 2.75) is 19.5 Å². The Hall–Kier alpha value is -0.830. The molecule has 2 rings (SSSR count). The molecule has 1 aromatic rings. The number of aryl methyl sites for hydroxylation is 1. The zero-order valence-corrected chi connectivity index (χ0v) is 6.82. The molecule has 3 heteroatoms. The second kappa shape index (κ2) is 2.66. The van der Waals surface area contributed by atoms with Crippen molar-refractivity contribution < 1.29 is 0 Å². The Balaban J connectivity index is 2.26. The highest BCUT2D eigenvalue weighted by molar-refractivity contribution is 4.93. The zero-order chi connectivity index (χ0) is 7.68. The van der Waals surface area contributed by atoms with E-state index in [1.54, 1.807) is 0 Å². The average Bonchev–Trinajstić information content (AvgIpc) is 2.31. The smallest absolute Gasteiger partial charge is 0.109 e. The second-order valence-corrected chi connectivity index (χ2v) is 3.14. The van der Waals surface area contributed by atoms with Gasteiger partial charge in [-0.1, -0.05) is 0 Å². The van der Waals surface area contributed by atoms with Gasteiger partial charge in [0.15, 0.2) is 0 Å². The van der Waals surface area contributed by atoms with E-state index >= 15 is 0 Å². The van der Waals surface area contributed by atoms with E-state index in [4.69, 9.17) is 0 Å². The van der Waals surface area contributed by atoms with Crippen LogP contribution in [0.4, 0.5) is 0 Å². The Morgan fingerprint density at radius 2 is 2.45 bits per heavy atom. The first-order valence-corrected chi connectivity index (χ1v) is 4.05. The molecule has 1 aromatic heterocycles. The molecular formula is C8H13N3. The molecule has 60 valence electrons. The van der Waals surface area contributed by atoms with Crippen LogP contribution in [0.2, 0.25) is 0 Å². The molecule has 0 aliphatic carbocycles. The van der Waals surface area contributed by atoms with Gasteiger partial charge in [-0.3, -0.25) is 4.90 Å². The highest BCUT2D eigenvalue weighted by atomic mass is 15.3. The van der Waals surface area contributed by atoms with Crippen molar-refractivity contribution in [2.75, 3.05) is 13.6 Å². The van der Waals surface area contributed by atoms with E-state index in [-0.39, 0.29) is 0 Å². The third-order valence-corrected chi connectivity index (χ3v) is 2.14. The molecular weight excluding hydrogens is 138 g/mol. The van der Waals surface area contributed by atoms with Gasteiger partial charge in [-0.05, 0) is 20.0 Å². The molecule has 0 radical (unpaired) electrons. The molecule has 0 fully saturated rings. The summed E-state index contributed by atoms with van der Waals surface area (Å²) in [4.78, 5) is 6.61. The van der Waals surface area contributed by atoms with Crippen molar-refractivity contribution in [3.63, 3.8) is 0 Å². The molecule has 0 aromatic carbocycles. The lowest BCUT2D eigenvalue weighted by Crippen LogP contribution is -2.20. The molecule has 0 N–H and O–H groups in total. The molecule has 3 nitrogen and oxygen atoms in total. The highest BCUT2D eigenvalue weighted by Gasteiger charge is 2.09. The first-order valence-electron chi connectivity index (χ1n) is 4.05. The van der Waals surface area contributed by atoms with Crippen molar-refractivity contribution in [1.82, 2.24) is 14.5 Å². The first kappa shape index (κ1) is 6.85. The molecule has 11 heavy (non-hydrogen) atoms. The quantitative estimate of drug-likeness (QED) is 0.544. The topological polar surface area (TPSA) is 21.1 Å². The van der Waals surface area contributed by atoms with Crippen LogP contribution in [0.3, 0.4) is 0 Å². The minimum Gasteiger partial charge on any atom is -0.321 e. The van der Waals surface area contributed by atoms with Crippen molar-refractivity contribution in [1.29, 1.82) is 0 Å². The van der Waals surface area contributed by atoms with E-state index in [9.17, 15) is 0 Å². The van der Waals surface area contributed by atoms with Crippen molar-refractivity contribution in [2.24, 2.45) is 0 Å². The summed E-state index contributed by atoms with van der Waals surface area (Å²) in [6, 6.07) is 0. The van der Waals surface area contributed by atoms with Gasteiger partial charge in [-0.25, -0.2) is 4.98 Å². The van der Waals surface area contributed by atoms with Gasteiger partial charge in [0.25, 0.3) is 0 Å². The van der Waals surface area contributed by atoms with Gasteiger partial charge >= 0.3 is 0 Å². The Morgan fingerprint density at radius 3 is 3.36 bits per heavy atom. The standard InChI is InChI=1S/C8H13N3/c1-10-5-2-3-8-9-4-6-11(8)7-10/h4,6H,2-3,5,7H2,1H3. The molecule has 0 saturated carbocycles. The van der Waals surface area contributed by atoms with Gasteiger partial charge in [0, 0.05) is 18.8 Å². The van der Waals surface area contributed by atoms with Gasteiger partial charge in [0.1, 0.15) is 5.82 Å². The maximum Gasteiger partial charge on any atom is 0.109 e. The summed E-state index contributed by atoms with van der Waals surface area (Å²) < 4.78 is 2.22. The molecule has 0 amide bonds. The van der Waals surface area contributed by atoms with Crippen LogP contribution in [0.25, 0.3) is 0 Å². The summed E-state index contributed by atoms with van der Waals surface area (Å²) in [7, 11) is 2.15. The van der Waals surface area contributed by atoms with Gasteiger partial charge in [-0.2, -0.15) is 0 Å². The number of hydrogen-bond acceptors (Lipinski definition) is 2. The van der Waals surface area contributed by atoms with Crippen LogP contribution < -0.4 is 0 Å². The molecule has 1 aliphatic heterocycles. The number of imidazole rings is 1. The van der Waals surface area contributed by atoms with E-state index in [1.165, 1.54) is 18.8 Å². The van der Waals surface area contributed by atoms with Crippen LogP contribution in [-0.2, 0) is 13.1 Å². The van der Waals surface area contributed by atoms with Gasteiger partial charge < -0.3 is 4.57 Å². The van der Waals surface area contributed by atoms with E-state index < -0.39 is 0 Å². The molecule has 0 unspecified atom stereocenters. The van der Waals surface area contributed by atoms with E-state index in [1.807, 2.05) is 6.20 Å². The van der Waals surface area contributed by atoms with Crippen LogP contribution in [0.15, 0.2) is 12.4 Å². The van der Waals surface area contributed by atoms with Gasteiger partial charge in [0.05, 0.1) is 6.67 Å². The third-order valence-electron chi connectivity index (χ3n) is 2.14. The molecule has 0 spiro atoms. The summed E-state index contributed by atoms with van der Waals surface area (Å²) in [5.41, 5.74) is 0. The fraction of sp³-hybridized carbons (Fsp3) is 0.625. The average molecular weight is 151 g/mol. The SMILES string of the molecule is CN1CCCc2nccn2C1. The number of rotatable bonds is 0. The lowest BCUT2D eigenvalue weighted by Gasteiger charge is -2.13. The Labute approximate surface area is 66.6 Å². The molecule has 0 saturated heterocycles. The van der Waals surface area contributed by atoms with Crippen LogP contribution >= 0.6 is 0 Å². The van der Waals surface area contributed by atoms with Crippen molar-refractivity contribution in [3.8, 4) is 0 Å². The number of nitrogens with zero attached hydrogens (tertiary/aromatic N) is 3. The number of aromatic nitrogens is 2. The predicted molar refractivity (Wildman–Crippen MR) is 43.2 cm³/mol. The van der Waals surface area contributed by atoms with Gasteiger partial charge in [-0.15, -0.1) is 0 Å². The monoisotopic (exact) mass is 151 g/mol. The van der Waals surface area contributed by atoms with Crippen LogP contribution in [-0.4, -0.2) is 28.0 Å². The predicted octanol–water partition coefficient (Wildman–Crippen LogP) is 0.719. The molecule has 1 aliphatic rings. The summed E-state index contributed by atoms with van der Waals surface area (Å²) >= 11 is 0. The lowest BCUT2D eigenvalue weighted by atomic mass is 10.3. The van der Waals surface area contributed by atoms with Crippen molar-refractivity contribution in [3.05, 3.63) is 18.2 Å². The summed E-state index contributed by atoms with van der Waals surface area (Å²) in [6.07, 6.45) is 6.29. The normalized spacial score (nSPS) is 19.4. The number of fused-ring (bicyclic) bond motifs is 1. The first-order chi connectivity index (χ1) is 5.36. The zero-order valence-electron chi connectivity index (χ0n) is 6.82. The maximum absolute atomic E-state index is 4.29. The number of hydrogen-bond donors (Lipinski definition) is 0. The molecule has 0 atom stereocenters. The third kappa shape index (κ3) is 1.28. The Morgan fingerprint density at radius 1 is 1.55 bits per heavy atom. The Kier molecular flexibility index (Phi) is 1.66. The van der Waals surface area contributed by atoms with Crippen LogP contribution in [0.1, 0.15) is 12.2 Å². The molecule has 2 heterocycles. The molecule has 0 bridgehead atoms. The fourth-order valence-corrected chi connectivity index (χ4v) is 1.53. The second-order valence-electron chi connectivity index (χ2n) is 3.14. The van der Waals surface area contributed by atoms with Crippen LogP contribution in [0, 0.1) is 0 Å². The maximum atomic E-state index is 4.29.